The second kappa shape index (κ2) is 13.5. The Balaban J connectivity index is 1.48. The van der Waals surface area contributed by atoms with Gasteiger partial charge in [-0.1, -0.05) is 60.1 Å². The molecule has 0 aromatic heterocycles. The summed E-state index contributed by atoms with van der Waals surface area (Å²) in [6, 6.07) is 29.7. The van der Waals surface area contributed by atoms with Crippen LogP contribution in [-0.4, -0.2) is 30.5 Å². The monoisotopic (exact) mass is 556 g/mol. The van der Waals surface area contributed by atoms with E-state index >= 15 is 0 Å². The number of hydrogen-bond acceptors (Lipinski definition) is 5. The Morgan fingerprint density at radius 3 is 2.31 bits per heavy atom. The lowest BCUT2D eigenvalue weighted by atomic mass is 10.1. The van der Waals surface area contributed by atoms with Gasteiger partial charge in [0.05, 0.1) is 12.9 Å². The molecule has 39 heavy (non-hydrogen) atoms. The number of nitrogens with one attached hydrogen (secondary N) is 2. The van der Waals surface area contributed by atoms with Gasteiger partial charge in [-0.3, -0.25) is 14.4 Å². The van der Waals surface area contributed by atoms with Gasteiger partial charge in [-0.05, 0) is 66.2 Å². The number of ketones is 1. The SMILES string of the molecule is COc1cccc(C(=O)CSc2cccc(NC(=O)/C(=C/c3ccc(Cl)cc3)NC(=O)c3ccccc3)c2)c1. The Morgan fingerprint density at radius 1 is 0.846 bits per heavy atom. The van der Waals surface area contributed by atoms with Gasteiger partial charge >= 0.3 is 0 Å². The highest BCUT2D eigenvalue weighted by atomic mass is 35.5. The van der Waals surface area contributed by atoms with Crippen molar-refractivity contribution in [3.63, 3.8) is 0 Å². The highest BCUT2D eigenvalue weighted by molar-refractivity contribution is 8.00. The van der Waals surface area contributed by atoms with Crippen molar-refractivity contribution in [2.24, 2.45) is 0 Å². The van der Waals surface area contributed by atoms with Crippen molar-refractivity contribution in [2.75, 3.05) is 18.2 Å². The standard InChI is InChI=1S/C31H25ClN2O4S/c1-38-26-11-5-9-23(18-26)29(35)20-39-27-12-6-10-25(19-27)33-31(37)28(17-21-13-15-24(32)16-14-21)34-30(36)22-7-3-2-4-8-22/h2-19H,20H2,1H3,(H,33,37)(H,34,36)/b28-17-. The fourth-order valence-corrected chi connectivity index (χ4v) is 4.53. The molecule has 0 unspecified atom stereocenters. The Hall–Kier alpha value is -4.33. The summed E-state index contributed by atoms with van der Waals surface area (Å²) >= 11 is 7.35. The summed E-state index contributed by atoms with van der Waals surface area (Å²) in [5.74, 6) is -0.0999. The fourth-order valence-electron chi connectivity index (χ4n) is 3.56. The third-order valence-corrected chi connectivity index (χ3v) is 6.81. The molecule has 0 radical (unpaired) electrons. The van der Waals surface area contributed by atoms with Gasteiger partial charge in [0.1, 0.15) is 11.4 Å². The zero-order chi connectivity index (χ0) is 27.6. The lowest BCUT2D eigenvalue weighted by Crippen LogP contribution is -2.30. The van der Waals surface area contributed by atoms with E-state index in [2.05, 4.69) is 10.6 Å². The summed E-state index contributed by atoms with van der Waals surface area (Å²) in [7, 11) is 1.56. The van der Waals surface area contributed by atoms with Crippen LogP contribution >= 0.6 is 23.4 Å². The maximum Gasteiger partial charge on any atom is 0.272 e. The van der Waals surface area contributed by atoms with Gasteiger partial charge in [0.2, 0.25) is 0 Å². The normalized spacial score (nSPS) is 11.0. The highest BCUT2D eigenvalue weighted by Gasteiger charge is 2.16. The number of halogens is 1. The molecular formula is C31H25ClN2O4S. The van der Waals surface area contributed by atoms with Gasteiger partial charge in [0.15, 0.2) is 5.78 Å². The number of Topliss-reactive ketones (excluding diaryl/α,β-unsaturated/α-hetero) is 1. The van der Waals surface area contributed by atoms with Crippen LogP contribution in [0.5, 0.6) is 5.75 Å². The van der Waals surface area contributed by atoms with Crippen LogP contribution in [0.2, 0.25) is 5.02 Å². The molecule has 0 aliphatic carbocycles. The molecule has 0 aliphatic rings. The van der Waals surface area contributed by atoms with E-state index < -0.39 is 11.8 Å². The number of methoxy groups -OCH3 is 1. The molecule has 0 heterocycles. The van der Waals surface area contributed by atoms with Crippen LogP contribution in [0.4, 0.5) is 5.69 Å². The van der Waals surface area contributed by atoms with Crippen LogP contribution in [-0.2, 0) is 4.79 Å². The van der Waals surface area contributed by atoms with Crippen LogP contribution in [0.15, 0.2) is 114 Å². The minimum Gasteiger partial charge on any atom is -0.497 e. The van der Waals surface area contributed by atoms with Crippen molar-refractivity contribution in [3.05, 3.63) is 131 Å². The van der Waals surface area contributed by atoms with Crippen LogP contribution in [0.1, 0.15) is 26.3 Å². The quantitative estimate of drug-likeness (QED) is 0.128. The number of carbonyl (C=O) groups excluding carboxylic acids is 3. The van der Waals surface area contributed by atoms with Gasteiger partial charge < -0.3 is 15.4 Å². The molecule has 4 rings (SSSR count). The second-order valence-corrected chi connectivity index (χ2v) is 9.84. The third kappa shape index (κ3) is 8.07. The Kier molecular flexibility index (Phi) is 9.56. The molecule has 0 fully saturated rings. The van der Waals surface area contributed by atoms with Gasteiger partial charge in [0, 0.05) is 26.7 Å². The van der Waals surface area contributed by atoms with Crippen LogP contribution < -0.4 is 15.4 Å². The summed E-state index contributed by atoms with van der Waals surface area (Å²) in [5.41, 5.74) is 2.27. The first-order valence-electron chi connectivity index (χ1n) is 12.0. The van der Waals surface area contributed by atoms with E-state index in [4.69, 9.17) is 16.3 Å². The number of anilines is 1. The summed E-state index contributed by atoms with van der Waals surface area (Å²) < 4.78 is 5.20. The van der Waals surface area contributed by atoms with Gasteiger partial charge in [0.25, 0.3) is 11.8 Å². The van der Waals surface area contributed by atoms with Gasteiger partial charge in [-0.15, -0.1) is 11.8 Å². The molecule has 6 nitrogen and oxygen atoms in total. The molecule has 0 spiro atoms. The average Bonchev–Trinajstić information content (AvgIpc) is 2.97. The Morgan fingerprint density at radius 2 is 1.56 bits per heavy atom. The second-order valence-electron chi connectivity index (χ2n) is 8.36. The summed E-state index contributed by atoms with van der Waals surface area (Å²) in [6.45, 7) is 0. The molecule has 0 atom stereocenters. The van der Waals surface area contributed by atoms with E-state index in [0.29, 0.717) is 33.1 Å². The van der Waals surface area contributed by atoms with Crippen LogP contribution in [0, 0.1) is 0 Å². The predicted octanol–water partition coefficient (Wildman–Crippen LogP) is 6.73. The molecule has 2 N–H and O–H groups in total. The molecular weight excluding hydrogens is 532 g/mol. The smallest absolute Gasteiger partial charge is 0.272 e. The minimum absolute atomic E-state index is 0.0369. The maximum absolute atomic E-state index is 13.3. The summed E-state index contributed by atoms with van der Waals surface area (Å²) in [5, 5.41) is 6.12. The predicted molar refractivity (Wildman–Crippen MR) is 156 cm³/mol. The van der Waals surface area contributed by atoms with E-state index in [0.717, 1.165) is 4.90 Å². The van der Waals surface area contributed by atoms with Crippen molar-refractivity contribution in [3.8, 4) is 5.75 Å². The first kappa shape index (κ1) is 27.7. The summed E-state index contributed by atoms with van der Waals surface area (Å²) in [4.78, 5) is 39.6. The molecule has 4 aromatic rings. The number of hydrogen-bond donors (Lipinski definition) is 2. The maximum atomic E-state index is 13.3. The van der Waals surface area contributed by atoms with Crippen molar-refractivity contribution in [1.82, 2.24) is 5.32 Å². The molecule has 0 saturated heterocycles. The van der Waals surface area contributed by atoms with E-state index in [9.17, 15) is 14.4 Å². The molecule has 0 aliphatic heterocycles. The lowest BCUT2D eigenvalue weighted by molar-refractivity contribution is -0.113. The van der Waals surface area contributed by atoms with Crippen molar-refractivity contribution < 1.29 is 19.1 Å². The highest BCUT2D eigenvalue weighted by Crippen LogP contribution is 2.24. The molecule has 8 heteroatoms. The van der Waals surface area contributed by atoms with Gasteiger partial charge in [-0.2, -0.15) is 0 Å². The van der Waals surface area contributed by atoms with E-state index in [1.807, 2.05) is 12.1 Å². The molecule has 196 valence electrons. The van der Waals surface area contributed by atoms with Crippen LogP contribution in [0.3, 0.4) is 0 Å². The van der Waals surface area contributed by atoms with E-state index in [-0.39, 0.29) is 17.2 Å². The average molecular weight is 557 g/mol. The fraction of sp³-hybridized carbons (Fsp3) is 0.0645. The molecule has 2 amide bonds. The molecule has 0 bridgehead atoms. The summed E-state index contributed by atoms with van der Waals surface area (Å²) in [6.07, 6.45) is 1.58. The zero-order valence-electron chi connectivity index (χ0n) is 21.0. The largest absolute Gasteiger partial charge is 0.497 e. The van der Waals surface area contributed by atoms with Crippen molar-refractivity contribution in [1.29, 1.82) is 0 Å². The number of thioether (sulfide) groups is 1. The third-order valence-electron chi connectivity index (χ3n) is 5.56. The first-order chi connectivity index (χ1) is 18.9. The zero-order valence-corrected chi connectivity index (χ0v) is 22.6. The number of amides is 2. The molecule has 0 saturated carbocycles. The Labute approximate surface area is 236 Å². The number of rotatable bonds is 10. The van der Waals surface area contributed by atoms with E-state index in [1.165, 1.54) is 11.8 Å². The number of benzene rings is 4. The van der Waals surface area contributed by atoms with Crippen molar-refractivity contribution >= 4 is 52.7 Å². The number of carbonyl (C=O) groups is 3. The van der Waals surface area contributed by atoms with E-state index in [1.54, 1.807) is 104 Å². The first-order valence-corrected chi connectivity index (χ1v) is 13.3. The Bertz CT molecular complexity index is 1500. The van der Waals surface area contributed by atoms with Gasteiger partial charge in [-0.25, -0.2) is 0 Å². The molecule has 4 aromatic carbocycles. The van der Waals surface area contributed by atoms with Crippen molar-refractivity contribution in [2.45, 2.75) is 4.90 Å². The number of ether oxygens (including phenoxy) is 1. The van der Waals surface area contributed by atoms with Crippen LogP contribution in [0.25, 0.3) is 6.08 Å². The topological polar surface area (TPSA) is 84.5 Å². The minimum atomic E-state index is -0.496. The lowest BCUT2D eigenvalue weighted by Gasteiger charge is -2.12.